The fourth-order valence-corrected chi connectivity index (χ4v) is 2.49. The van der Waals surface area contributed by atoms with Gasteiger partial charge in [0.25, 0.3) is 0 Å². The van der Waals surface area contributed by atoms with Crippen molar-refractivity contribution in [3.05, 3.63) is 11.9 Å². The van der Waals surface area contributed by atoms with Crippen LogP contribution in [0.2, 0.25) is 0 Å². The fourth-order valence-electron chi connectivity index (χ4n) is 1.16. The van der Waals surface area contributed by atoms with Crippen molar-refractivity contribution in [3.8, 4) is 0 Å². The summed E-state index contributed by atoms with van der Waals surface area (Å²) in [5.74, 6) is 0. The molecule has 6 nitrogen and oxygen atoms in total. The molecule has 1 aromatic rings. The van der Waals surface area contributed by atoms with Crippen LogP contribution in [0, 0.1) is 6.92 Å². The van der Waals surface area contributed by atoms with Gasteiger partial charge in [0.1, 0.15) is 4.90 Å². The molecule has 0 bridgehead atoms. The fraction of sp³-hybridized carbons (Fsp3) is 0.667. The van der Waals surface area contributed by atoms with E-state index in [4.69, 9.17) is 0 Å². The van der Waals surface area contributed by atoms with Crippen LogP contribution in [-0.4, -0.2) is 37.8 Å². The molecule has 0 amide bonds. The summed E-state index contributed by atoms with van der Waals surface area (Å²) < 4.78 is 27.9. The average Bonchev–Trinajstić information content (AvgIpc) is 2.57. The smallest absolute Gasteiger partial charge is 0.244 e. The highest BCUT2D eigenvalue weighted by molar-refractivity contribution is 7.89. The average molecular weight is 283 g/mol. The van der Waals surface area contributed by atoms with Crippen LogP contribution in [0.15, 0.2) is 11.1 Å². The molecule has 0 aliphatic rings. The first kappa shape index (κ1) is 16.4. The lowest BCUT2D eigenvalue weighted by Gasteiger charge is -2.11. The number of nitrogens with zero attached hydrogens (tertiary/aromatic N) is 2. The summed E-state index contributed by atoms with van der Waals surface area (Å²) in [6, 6.07) is 0.0896. The van der Waals surface area contributed by atoms with Crippen molar-refractivity contribution in [1.29, 1.82) is 0 Å². The van der Waals surface area contributed by atoms with E-state index in [1.165, 1.54) is 10.9 Å². The van der Waals surface area contributed by atoms with Crippen molar-refractivity contribution in [2.45, 2.75) is 24.8 Å². The van der Waals surface area contributed by atoms with E-state index in [0.717, 1.165) is 0 Å². The van der Waals surface area contributed by atoms with Gasteiger partial charge in [-0.3, -0.25) is 4.68 Å². The van der Waals surface area contributed by atoms with Gasteiger partial charge in [0.15, 0.2) is 0 Å². The minimum atomic E-state index is -3.45. The molecule has 0 aliphatic carbocycles. The monoisotopic (exact) mass is 282 g/mol. The zero-order chi connectivity index (χ0) is 12.3. The van der Waals surface area contributed by atoms with Crippen molar-refractivity contribution < 1.29 is 8.42 Å². The predicted octanol–water partition coefficient (Wildman–Crippen LogP) is 0.0365. The van der Waals surface area contributed by atoms with Crippen LogP contribution < -0.4 is 10.0 Å². The van der Waals surface area contributed by atoms with Gasteiger partial charge in [0.2, 0.25) is 10.0 Å². The number of hydrogen-bond acceptors (Lipinski definition) is 4. The second-order valence-electron chi connectivity index (χ2n) is 3.76. The Hall–Kier alpha value is -0.630. The lowest BCUT2D eigenvalue weighted by Crippen LogP contribution is -2.37. The summed E-state index contributed by atoms with van der Waals surface area (Å²) in [7, 11) is 0.0503. The predicted molar refractivity (Wildman–Crippen MR) is 68.9 cm³/mol. The summed E-state index contributed by atoms with van der Waals surface area (Å²) in [5.41, 5.74) is 0.629. The minimum Gasteiger partial charge on any atom is -0.316 e. The molecule has 0 aromatic carbocycles. The maximum Gasteiger partial charge on any atom is 0.244 e. The molecule has 17 heavy (non-hydrogen) atoms. The van der Waals surface area contributed by atoms with E-state index in [1.54, 1.807) is 21.0 Å². The minimum absolute atomic E-state index is 0. The van der Waals surface area contributed by atoms with Crippen LogP contribution in [0.25, 0.3) is 0 Å². The number of hydrogen-bond donors (Lipinski definition) is 2. The van der Waals surface area contributed by atoms with Gasteiger partial charge in [0, 0.05) is 19.6 Å². The normalized spacial score (nSPS) is 13.2. The maximum absolute atomic E-state index is 11.9. The number of nitrogens with one attached hydrogen (secondary N) is 2. The standard InChI is InChI=1S/C9H18N4O2S.ClH/c1-7(10-3)5-12-16(14,15)9-6-11-13(4)8(9)2;/h6-7,10,12H,5H2,1-4H3;1H. The molecular formula is C9H19ClN4O2S. The molecule has 0 aliphatic heterocycles. The number of aryl methyl sites for hydroxylation is 1. The van der Waals surface area contributed by atoms with Crippen LogP contribution in [0.5, 0.6) is 0 Å². The summed E-state index contributed by atoms with van der Waals surface area (Å²) in [4.78, 5) is 0.235. The van der Waals surface area contributed by atoms with Gasteiger partial charge in [0.05, 0.1) is 11.9 Å². The third-order valence-corrected chi connectivity index (χ3v) is 4.08. The maximum atomic E-state index is 11.9. The Morgan fingerprint density at radius 1 is 1.53 bits per heavy atom. The highest BCUT2D eigenvalue weighted by atomic mass is 35.5. The van der Waals surface area contributed by atoms with E-state index >= 15 is 0 Å². The molecule has 1 heterocycles. The van der Waals surface area contributed by atoms with Gasteiger partial charge in [-0.2, -0.15) is 5.10 Å². The van der Waals surface area contributed by atoms with E-state index < -0.39 is 10.0 Å². The van der Waals surface area contributed by atoms with Gasteiger partial charge >= 0.3 is 0 Å². The lowest BCUT2D eigenvalue weighted by molar-refractivity contribution is 0.553. The van der Waals surface area contributed by atoms with E-state index in [9.17, 15) is 8.42 Å². The Kier molecular flexibility index (Phi) is 6.11. The van der Waals surface area contributed by atoms with Gasteiger partial charge in [-0.15, -0.1) is 12.4 Å². The van der Waals surface area contributed by atoms with E-state index in [0.29, 0.717) is 12.2 Å². The SMILES string of the molecule is CNC(C)CNS(=O)(=O)c1cnn(C)c1C.Cl. The number of aromatic nitrogens is 2. The van der Waals surface area contributed by atoms with E-state index in [-0.39, 0.29) is 23.3 Å². The van der Waals surface area contributed by atoms with Crippen LogP contribution >= 0.6 is 12.4 Å². The van der Waals surface area contributed by atoms with Gasteiger partial charge in [-0.05, 0) is 20.9 Å². The summed E-state index contributed by atoms with van der Waals surface area (Å²) in [5, 5.41) is 6.87. The highest BCUT2D eigenvalue weighted by Crippen LogP contribution is 2.12. The Balaban J connectivity index is 0.00000256. The highest BCUT2D eigenvalue weighted by Gasteiger charge is 2.19. The third-order valence-electron chi connectivity index (χ3n) is 2.55. The second-order valence-corrected chi connectivity index (χ2v) is 5.49. The van der Waals surface area contributed by atoms with E-state index in [2.05, 4.69) is 15.1 Å². The molecule has 1 atom stereocenters. The molecule has 1 unspecified atom stereocenters. The first-order valence-corrected chi connectivity index (χ1v) is 6.52. The Morgan fingerprint density at radius 2 is 2.12 bits per heavy atom. The molecular weight excluding hydrogens is 264 g/mol. The van der Waals surface area contributed by atoms with Gasteiger partial charge in [-0.1, -0.05) is 0 Å². The topological polar surface area (TPSA) is 76.0 Å². The van der Waals surface area contributed by atoms with Crippen LogP contribution in [0.3, 0.4) is 0 Å². The molecule has 0 radical (unpaired) electrons. The molecule has 1 aromatic heterocycles. The molecule has 0 fully saturated rings. The van der Waals surface area contributed by atoms with Crippen molar-refractivity contribution >= 4 is 22.4 Å². The zero-order valence-electron chi connectivity index (χ0n) is 10.4. The number of rotatable bonds is 5. The van der Waals surface area contributed by atoms with Crippen LogP contribution in [-0.2, 0) is 17.1 Å². The quantitative estimate of drug-likeness (QED) is 0.799. The first-order valence-electron chi connectivity index (χ1n) is 5.04. The van der Waals surface area contributed by atoms with Crippen molar-refractivity contribution in [3.63, 3.8) is 0 Å². The number of likely N-dealkylation sites (N-methyl/N-ethyl adjacent to an activating group) is 1. The number of sulfonamides is 1. The molecule has 8 heteroatoms. The molecule has 0 saturated heterocycles. The summed E-state index contributed by atoms with van der Waals surface area (Å²) in [6.45, 7) is 3.98. The molecule has 0 saturated carbocycles. The Bertz CT molecular complexity index is 458. The van der Waals surface area contributed by atoms with Crippen LogP contribution in [0.4, 0.5) is 0 Å². The third kappa shape index (κ3) is 3.95. The van der Waals surface area contributed by atoms with Crippen molar-refractivity contribution in [1.82, 2.24) is 19.8 Å². The Labute approximate surface area is 108 Å². The Morgan fingerprint density at radius 3 is 2.53 bits per heavy atom. The van der Waals surface area contributed by atoms with E-state index in [1.807, 2.05) is 6.92 Å². The molecule has 2 N–H and O–H groups in total. The first-order chi connectivity index (χ1) is 7.38. The van der Waals surface area contributed by atoms with Crippen molar-refractivity contribution in [2.75, 3.05) is 13.6 Å². The lowest BCUT2D eigenvalue weighted by atomic mass is 10.4. The van der Waals surface area contributed by atoms with Crippen LogP contribution in [0.1, 0.15) is 12.6 Å². The van der Waals surface area contributed by atoms with Crippen molar-refractivity contribution in [2.24, 2.45) is 7.05 Å². The molecule has 100 valence electrons. The summed E-state index contributed by atoms with van der Waals surface area (Å²) >= 11 is 0. The molecule has 1 rings (SSSR count). The second kappa shape index (κ2) is 6.34. The summed E-state index contributed by atoms with van der Waals surface area (Å²) in [6.07, 6.45) is 1.36. The zero-order valence-corrected chi connectivity index (χ0v) is 12.0. The largest absolute Gasteiger partial charge is 0.316 e. The number of halogens is 1. The van der Waals surface area contributed by atoms with Gasteiger partial charge < -0.3 is 5.32 Å². The molecule has 0 spiro atoms. The van der Waals surface area contributed by atoms with Gasteiger partial charge in [-0.25, -0.2) is 13.1 Å².